The Bertz CT molecular complexity index is 1020. The van der Waals surface area contributed by atoms with Crippen LogP contribution in [0.4, 0.5) is 18.9 Å². The summed E-state index contributed by atoms with van der Waals surface area (Å²) in [6, 6.07) is 12.8. The van der Waals surface area contributed by atoms with Crippen LogP contribution in [-0.4, -0.2) is 18.4 Å². The Morgan fingerprint density at radius 3 is 2.39 bits per heavy atom. The molecule has 5 nitrogen and oxygen atoms in total. The number of alkyl halides is 2. The van der Waals surface area contributed by atoms with Crippen molar-refractivity contribution >= 4 is 28.8 Å². The van der Waals surface area contributed by atoms with Crippen LogP contribution in [0.25, 0.3) is 10.4 Å². The molecule has 0 aliphatic rings. The first-order valence-electron chi connectivity index (χ1n) is 7.89. The van der Waals surface area contributed by atoms with Crippen LogP contribution in [0.1, 0.15) is 20.0 Å². The number of nitrogens with two attached hydrogens (primary N) is 1. The molecule has 0 bridgehead atoms. The lowest BCUT2D eigenvalue weighted by Gasteiger charge is -2.06. The third kappa shape index (κ3) is 4.49. The number of hydrogen-bond donors (Lipinski definition) is 2. The first kappa shape index (κ1) is 19.4. The number of hydrogen-bond acceptors (Lipinski definition) is 4. The summed E-state index contributed by atoms with van der Waals surface area (Å²) in [6.07, 6.45) is 0. The SMILES string of the molecule is NC(=O)c1cc(NC(=O)c2ccc(-c3ccc(OC(F)F)cc3)s2)ccc1F. The van der Waals surface area contributed by atoms with Crippen LogP contribution in [0.3, 0.4) is 0 Å². The van der Waals surface area contributed by atoms with E-state index in [9.17, 15) is 22.8 Å². The van der Waals surface area contributed by atoms with Crippen LogP contribution < -0.4 is 15.8 Å². The summed E-state index contributed by atoms with van der Waals surface area (Å²) in [5.74, 6) is -2.12. The Balaban J connectivity index is 1.74. The monoisotopic (exact) mass is 406 g/mol. The van der Waals surface area contributed by atoms with Gasteiger partial charge in [-0.3, -0.25) is 9.59 Å². The quantitative estimate of drug-likeness (QED) is 0.632. The van der Waals surface area contributed by atoms with Crippen LogP contribution in [-0.2, 0) is 0 Å². The minimum absolute atomic E-state index is 0.0369. The molecule has 1 aromatic heterocycles. The molecule has 0 saturated carbocycles. The number of ether oxygens (including phenoxy) is 1. The van der Waals surface area contributed by atoms with Crippen molar-refractivity contribution < 1.29 is 27.5 Å². The van der Waals surface area contributed by atoms with Crippen molar-refractivity contribution in [3.8, 4) is 16.2 Å². The van der Waals surface area contributed by atoms with E-state index < -0.39 is 24.2 Å². The van der Waals surface area contributed by atoms with E-state index in [2.05, 4.69) is 10.1 Å². The van der Waals surface area contributed by atoms with Gasteiger partial charge in [-0.15, -0.1) is 11.3 Å². The average Bonchev–Trinajstić information content (AvgIpc) is 3.13. The molecule has 3 aromatic rings. The van der Waals surface area contributed by atoms with E-state index in [0.717, 1.165) is 22.6 Å². The number of halogens is 3. The number of anilines is 1. The number of carbonyl (C=O) groups excluding carboxylic acids is 2. The highest BCUT2D eigenvalue weighted by Crippen LogP contribution is 2.30. The lowest BCUT2D eigenvalue weighted by molar-refractivity contribution is -0.0498. The number of amides is 2. The van der Waals surface area contributed by atoms with Gasteiger partial charge in [-0.2, -0.15) is 8.78 Å². The summed E-state index contributed by atoms with van der Waals surface area (Å²) in [4.78, 5) is 24.7. The van der Waals surface area contributed by atoms with Crippen molar-refractivity contribution in [3.63, 3.8) is 0 Å². The van der Waals surface area contributed by atoms with E-state index in [-0.39, 0.29) is 17.0 Å². The maximum atomic E-state index is 13.5. The topological polar surface area (TPSA) is 81.4 Å². The molecule has 1 heterocycles. The predicted octanol–water partition coefficient (Wildman–Crippen LogP) is 4.51. The highest BCUT2D eigenvalue weighted by molar-refractivity contribution is 7.17. The van der Waals surface area contributed by atoms with Gasteiger partial charge in [-0.25, -0.2) is 4.39 Å². The highest BCUT2D eigenvalue weighted by Gasteiger charge is 2.14. The van der Waals surface area contributed by atoms with Gasteiger partial charge < -0.3 is 15.8 Å². The lowest BCUT2D eigenvalue weighted by Crippen LogP contribution is -2.15. The van der Waals surface area contributed by atoms with Gasteiger partial charge >= 0.3 is 6.61 Å². The molecule has 3 N–H and O–H groups in total. The molecule has 28 heavy (non-hydrogen) atoms. The number of rotatable bonds is 6. The summed E-state index contributed by atoms with van der Waals surface area (Å²) >= 11 is 1.18. The van der Waals surface area contributed by atoms with Gasteiger partial charge in [0.1, 0.15) is 11.6 Å². The van der Waals surface area contributed by atoms with Crippen LogP contribution in [0.15, 0.2) is 54.6 Å². The number of carbonyl (C=O) groups is 2. The molecule has 3 rings (SSSR count). The molecule has 0 fully saturated rings. The normalized spacial score (nSPS) is 10.7. The van der Waals surface area contributed by atoms with E-state index in [1.54, 1.807) is 24.3 Å². The Hall–Kier alpha value is -3.33. The molecule has 0 atom stereocenters. The van der Waals surface area contributed by atoms with Crippen molar-refractivity contribution in [2.45, 2.75) is 6.61 Å². The van der Waals surface area contributed by atoms with Crippen LogP contribution in [0, 0.1) is 5.82 Å². The van der Waals surface area contributed by atoms with E-state index in [4.69, 9.17) is 5.73 Å². The summed E-state index contributed by atoms with van der Waals surface area (Å²) in [5.41, 5.74) is 5.72. The first-order chi connectivity index (χ1) is 13.3. The second-order valence-electron chi connectivity index (χ2n) is 5.58. The van der Waals surface area contributed by atoms with E-state index in [1.807, 2.05) is 0 Å². The maximum absolute atomic E-state index is 13.5. The zero-order valence-corrected chi connectivity index (χ0v) is 14.9. The number of primary amides is 1. The molecule has 2 amide bonds. The molecule has 2 aromatic carbocycles. The Labute approximate surface area is 161 Å². The van der Waals surface area contributed by atoms with Crippen molar-refractivity contribution in [2.75, 3.05) is 5.32 Å². The fourth-order valence-electron chi connectivity index (χ4n) is 2.40. The number of thiophene rings is 1. The van der Waals surface area contributed by atoms with E-state index >= 15 is 0 Å². The van der Waals surface area contributed by atoms with Gasteiger partial charge in [0.25, 0.3) is 11.8 Å². The predicted molar refractivity (Wildman–Crippen MR) is 99.3 cm³/mol. The van der Waals surface area contributed by atoms with Gasteiger partial charge in [0.05, 0.1) is 10.4 Å². The van der Waals surface area contributed by atoms with Gasteiger partial charge in [0.2, 0.25) is 0 Å². The summed E-state index contributed by atoms with van der Waals surface area (Å²) in [6.45, 7) is -2.90. The Kier molecular flexibility index (Phi) is 5.65. The molecule has 0 aliphatic carbocycles. The van der Waals surface area contributed by atoms with E-state index in [1.165, 1.54) is 29.5 Å². The fraction of sp³-hybridized carbons (Fsp3) is 0.0526. The van der Waals surface area contributed by atoms with Crippen molar-refractivity contribution in [1.82, 2.24) is 0 Å². The molecular weight excluding hydrogens is 393 g/mol. The van der Waals surface area contributed by atoms with Crippen LogP contribution in [0.5, 0.6) is 5.75 Å². The van der Waals surface area contributed by atoms with Gasteiger partial charge in [0.15, 0.2) is 0 Å². The third-order valence-electron chi connectivity index (χ3n) is 3.68. The van der Waals surface area contributed by atoms with Gasteiger partial charge in [0, 0.05) is 10.6 Å². The fourth-order valence-corrected chi connectivity index (χ4v) is 3.31. The van der Waals surface area contributed by atoms with Crippen LogP contribution in [0.2, 0.25) is 0 Å². The van der Waals surface area contributed by atoms with Crippen molar-refractivity contribution in [1.29, 1.82) is 0 Å². The minimum Gasteiger partial charge on any atom is -0.435 e. The zero-order chi connectivity index (χ0) is 20.3. The Morgan fingerprint density at radius 1 is 1.04 bits per heavy atom. The largest absolute Gasteiger partial charge is 0.435 e. The molecule has 0 unspecified atom stereocenters. The van der Waals surface area contributed by atoms with Crippen LogP contribution >= 0.6 is 11.3 Å². The van der Waals surface area contributed by atoms with Crippen molar-refractivity contribution in [2.24, 2.45) is 5.73 Å². The van der Waals surface area contributed by atoms with Gasteiger partial charge in [-0.05, 0) is 60.2 Å². The zero-order valence-electron chi connectivity index (χ0n) is 14.1. The van der Waals surface area contributed by atoms with Crippen molar-refractivity contribution in [3.05, 3.63) is 70.9 Å². The summed E-state index contributed by atoms with van der Waals surface area (Å²) in [5, 5.41) is 2.57. The third-order valence-corrected chi connectivity index (χ3v) is 4.82. The first-order valence-corrected chi connectivity index (χ1v) is 8.71. The highest BCUT2D eigenvalue weighted by atomic mass is 32.1. The number of benzene rings is 2. The minimum atomic E-state index is -2.90. The second kappa shape index (κ2) is 8.13. The molecule has 0 saturated heterocycles. The summed E-state index contributed by atoms with van der Waals surface area (Å²) in [7, 11) is 0. The molecule has 0 radical (unpaired) electrons. The smallest absolute Gasteiger partial charge is 0.387 e. The molecule has 0 spiro atoms. The maximum Gasteiger partial charge on any atom is 0.387 e. The Morgan fingerprint density at radius 2 is 1.75 bits per heavy atom. The van der Waals surface area contributed by atoms with E-state index in [0.29, 0.717) is 4.88 Å². The molecular formula is C19H13F3N2O3S. The molecule has 144 valence electrons. The molecule has 0 aliphatic heterocycles. The second-order valence-corrected chi connectivity index (χ2v) is 6.66. The number of nitrogens with one attached hydrogen (secondary N) is 1. The summed E-state index contributed by atoms with van der Waals surface area (Å²) < 4.78 is 42.2. The average molecular weight is 406 g/mol. The standard InChI is InChI=1S/C19H13F3N2O3S/c20-14-6-3-11(9-13(14)17(23)25)24-18(26)16-8-7-15(28-16)10-1-4-12(5-2-10)27-19(21)22/h1-9,19H,(H2,23,25)(H,24,26). The molecule has 9 heteroatoms. The lowest BCUT2D eigenvalue weighted by atomic mass is 10.1. The van der Waals surface area contributed by atoms with Gasteiger partial charge in [-0.1, -0.05) is 0 Å².